The minimum atomic E-state index is -0.883. The van der Waals surface area contributed by atoms with Crippen molar-refractivity contribution in [3.8, 4) is 0 Å². The van der Waals surface area contributed by atoms with Gasteiger partial charge in [-0.2, -0.15) is 0 Å². The van der Waals surface area contributed by atoms with Crippen LogP contribution in [0.15, 0.2) is 36.4 Å². The predicted octanol–water partition coefficient (Wildman–Crippen LogP) is 4.65. The molecule has 2 amide bonds. The summed E-state index contributed by atoms with van der Waals surface area (Å²) in [4.78, 5) is 25.1. The Morgan fingerprint density at radius 3 is 2.08 bits per heavy atom. The molecule has 0 aliphatic carbocycles. The van der Waals surface area contributed by atoms with Crippen LogP contribution in [-0.4, -0.2) is 18.4 Å². The van der Waals surface area contributed by atoms with E-state index in [9.17, 15) is 18.4 Å². The number of para-hydroxylation sites is 2. The number of anilines is 2. The minimum absolute atomic E-state index is 0.0549. The van der Waals surface area contributed by atoms with Crippen LogP contribution in [0.25, 0.3) is 0 Å². The van der Waals surface area contributed by atoms with Crippen LogP contribution in [0.5, 0.6) is 0 Å². The summed E-state index contributed by atoms with van der Waals surface area (Å²) in [6, 6.07) is 8.01. The van der Waals surface area contributed by atoms with E-state index in [-0.39, 0.29) is 34.6 Å². The van der Waals surface area contributed by atoms with Crippen molar-refractivity contribution in [1.29, 1.82) is 0 Å². The highest BCUT2D eigenvalue weighted by Gasteiger charge is 2.20. The molecule has 0 atom stereocenters. The molecule has 0 fully saturated rings. The number of carbonyl (C=O) groups is 2. The molecule has 2 aromatic rings. The van der Waals surface area contributed by atoms with Crippen LogP contribution in [0.4, 0.5) is 20.2 Å². The fourth-order valence-corrected chi connectivity index (χ4v) is 2.81. The molecule has 2 aromatic carbocycles. The summed E-state index contributed by atoms with van der Waals surface area (Å²) >= 11 is 12.2. The SMILES string of the molecule is CC(=O)N(CCC(=O)Nc1c(F)cccc1F)c1c(Cl)cccc1Cl. The highest BCUT2D eigenvalue weighted by atomic mass is 35.5. The summed E-state index contributed by atoms with van der Waals surface area (Å²) in [5, 5.41) is 2.67. The van der Waals surface area contributed by atoms with Gasteiger partial charge in [-0.05, 0) is 24.3 Å². The first-order valence-corrected chi connectivity index (χ1v) is 8.03. The molecule has 0 radical (unpaired) electrons. The number of benzene rings is 2. The summed E-state index contributed by atoms with van der Waals surface area (Å²) in [5.41, 5.74) is -0.249. The number of amides is 2. The number of carbonyl (C=O) groups excluding carboxylic acids is 2. The minimum Gasteiger partial charge on any atom is -0.321 e. The van der Waals surface area contributed by atoms with Crippen molar-refractivity contribution >= 4 is 46.4 Å². The normalized spacial score (nSPS) is 10.4. The van der Waals surface area contributed by atoms with E-state index in [1.165, 1.54) is 17.9 Å². The standard InChI is InChI=1S/C17H14Cl2F2N2O2/c1-10(24)23(17-11(18)4-2-5-12(17)19)9-8-15(25)22-16-13(20)6-3-7-14(16)21/h2-7H,8-9H2,1H3,(H,22,25). The zero-order valence-corrected chi connectivity index (χ0v) is 14.7. The van der Waals surface area contributed by atoms with E-state index in [1.54, 1.807) is 18.2 Å². The monoisotopic (exact) mass is 386 g/mol. The Balaban J connectivity index is 2.12. The van der Waals surface area contributed by atoms with Crippen molar-refractivity contribution in [2.75, 3.05) is 16.8 Å². The Hall–Kier alpha value is -2.18. The molecule has 0 bridgehead atoms. The molecule has 0 aliphatic rings. The second-order valence-electron chi connectivity index (χ2n) is 5.14. The van der Waals surface area contributed by atoms with E-state index in [0.29, 0.717) is 0 Å². The largest absolute Gasteiger partial charge is 0.321 e. The molecule has 0 unspecified atom stereocenters. The number of hydrogen-bond donors (Lipinski definition) is 1. The molecule has 0 saturated carbocycles. The molecular formula is C17H14Cl2F2N2O2. The van der Waals surface area contributed by atoms with Gasteiger partial charge in [0.25, 0.3) is 0 Å². The van der Waals surface area contributed by atoms with Crippen molar-refractivity contribution in [1.82, 2.24) is 0 Å². The van der Waals surface area contributed by atoms with E-state index < -0.39 is 23.2 Å². The maximum atomic E-state index is 13.6. The lowest BCUT2D eigenvalue weighted by Gasteiger charge is -2.23. The van der Waals surface area contributed by atoms with Crippen LogP contribution in [0.2, 0.25) is 10.0 Å². The Morgan fingerprint density at radius 2 is 1.56 bits per heavy atom. The summed E-state index contributed by atoms with van der Waals surface area (Å²) in [7, 11) is 0. The Bertz CT molecular complexity index is 775. The zero-order chi connectivity index (χ0) is 18.6. The molecular weight excluding hydrogens is 373 g/mol. The van der Waals surface area contributed by atoms with Gasteiger partial charge in [0.05, 0.1) is 15.7 Å². The quantitative estimate of drug-likeness (QED) is 0.812. The zero-order valence-electron chi connectivity index (χ0n) is 13.2. The number of nitrogens with zero attached hydrogens (tertiary/aromatic N) is 1. The fourth-order valence-electron chi connectivity index (χ4n) is 2.21. The molecule has 0 saturated heterocycles. The first-order valence-electron chi connectivity index (χ1n) is 7.27. The van der Waals surface area contributed by atoms with Crippen molar-refractivity contribution in [3.05, 3.63) is 58.1 Å². The number of rotatable bonds is 5. The van der Waals surface area contributed by atoms with Gasteiger partial charge < -0.3 is 10.2 Å². The third kappa shape index (κ3) is 4.67. The van der Waals surface area contributed by atoms with Gasteiger partial charge in [0.2, 0.25) is 11.8 Å². The maximum absolute atomic E-state index is 13.6. The lowest BCUT2D eigenvalue weighted by Crippen LogP contribution is -2.32. The molecule has 1 N–H and O–H groups in total. The van der Waals surface area contributed by atoms with Gasteiger partial charge in [0.1, 0.15) is 17.3 Å². The van der Waals surface area contributed by atoms with Gasteiger partial charge in [-0.15, -0.1) is 0 Å². The third-order valence-electron chi connectivity index (χ3n) is 3.38. The average Bonchev–Trinajstić information content (AvgIpc) is 2.53. The second kappa shape index (κ2) is 8.27. The highest BCUT2D eigenvalue weighted by molar-refractivity contribution is 6.39. The van der Waals surface area contributed by atoms with Crippen molar-refractivity contribution in [2.24, 2.45) is 0 Å². The maximum Gasteiger partial charge on any atom is 0.226 e. The lowest BCUT2D eigenvalue weighted by atomic mass is 10.2. The molecule has 8 heteroatoms. The van der Waals surface area contributed by atoms with Gasteiger partial charge in [-0.1, -0.05) is 35.3 Å². The summed E-state index contributed by atoms with van der Waals surface area (Å²) in [5.74, 6) is -2.80. The molecule has 0 spiro atoms. The molecule has 2 rings (SSSR count). The molecule has 0 aromatic heterocycles. The van der Waals surface area contributed by atoms with Crippen molar-refractivity contribution < 1.29 is 18.4 Å². The van der Waals surface area contributed by atoms with E-state index in [0.717, 1.165) is 12.1 Å². The van der Waals surface area contributed by atoms with E-state index in [2.05, 4.69) is 5.32 Å². The molecule has 0 aliphatic heterocycles. The van der Waals surface area contributed by atoms with Crippen LogP contribution >= 0.6 is 23.2 Å². The van der Waals surface area contributed by atoms with E-state index in [1.807, 2.05) is 0 Å². The van der Waals surface area contributed by atoms with Gasteiger partial charge in [-0.25, -0.2) is 8.78 Å². The second-order valence-corrected chi connectivity index (χ2v) is 5.95. The molecule has 4 nitrogen and oxygen atoms in total. The predicted molar refractivity (Wildman–Crippen MR) is 94.1 cm³/mol. The van der Waals surface area contributed by atoms with Gasteiger partial charge in [-0.3, -0.25) is 9.59 Å². The van der Waals surface area contributed by atoms with Crippen LogP contribution in [0.3, 0.4) is 0 Å². The number of hydrogen-bond acceptors (Lipinski definition) is 2. The first kappa shape index (κ1) is 19.1. The Kier molecular flexibility index (Phi) is 6.33. The van der Waals surface area contributed by atoms with Crippen LogP contribution < -0.4 is 10.2 Å². The van der Waals surface area contributed by atoms with E-state index in [4.69, 9.17) is 23.2 Å². The third-order valence-corrected chi connectivity index (χ3v) is 3.99. The van der Waals surface area contributed by atoms with Crippen LogP contribution in [0, 0.1) is 11.6 Å². The fraction of sp³-hybridized carbons (Fsp3) is 0.176. The summed E-state index contributed by atoms with van der Waals surface area (Å²) < 4.78 is 27.1. The first-order chi connectivity index (χ1) is 11.8. The van der Waals surface area contributed by atoms with E-state index >= 15 is 0 Å². The lowest BCUT2D eigenvalue weighted by molar-refractivity contribution is -0.117. The number of halogens is 4. The topological polar surface area (TPSA) is 49.4 Å². The van der Waals surface area contributed by atoms with Gasteiger partial charge in [0.15, 0.2) is 0 Å². The number of nitrogens with one attached hydrogen (secondary N) is 1. The van der Waals surface area contributed by atoms with Crippen molar-refractivity contribution in [3.63, 3.8) is 0 Å². The Labute approximate surface area is 153 Å². The summed E-state index contributed by atoms with van der Waals surface area (Å²) in [6.07, 6.45) is -0.199. The average molecular weight is 387 g/mol. The summed E-state index contributed by atoms with van der Waals surface area (Å²) in [6.45, 7) is 1.24. The van der Waals surface area contributed by atoms with Crippen LogP contribution in [-0.2, 0) is 9.59 Å². The molecule has 25 heavy (non-hydrogen) atoms. The molecule has 132 valence electrons. The highest BCUT2D eigenvalue weighted by Crippen LogP contribution is 2.33. The smallest absolute Gasteiger partial charge is 0.226 e. The van der Waals surface area contributed by atoms with Gasteiger partial charge in [0, 0.05) is 19.9 Å². The van der Waals surface area contributed by atoms with Crippen molar-refractivity contribution in [2.45, 2.75) is 13.3 Å². The molecule has 0 heterocycles. The van der Waals surface area contributed by atoms with Crippen LogP contribution in [0.1, 0.15) is 13.3 Å². The Morgan fingerprint density at radius 1 is 1.04 bits per heavy atom. The van der Waals surface area contributed by atoms with Gasteiger partial charge >= 0.3 is 0 Å².